The molecule has 1 aliphatic carbocycles. The minimum absolute atomic E-state index is 0.144. The van der Waals surface area contributed by atoms with Gasteiger partial charge in [0.1, 0.15) is 5.54 Å². The van der Waals surface area contributed by atoms with Gasteiger partial charge in [-0.3, -0.25) is 4.90 Å². The molecule has 1 aliphatic rings. The molecule has 1 N–H and O–H groups in total. The third kappa shape index (κ3) is 4.64. The Labute approximate surface area is 119 Å². The minimum Gasteiger partial charge on any atom is -0.302 e. The Morgan fingerprint density at radius 3 is 2.60 bits per heavy atom. The molecule has 1 rings (SSSR count). The van der Waals surface area contributed by atoms with E-state index in [9.17, 15) is 18.4 Å². The predicted molar refractivity (Wildman–Crippen MR) is 72.1 cm³/mol. The fourth-order valence-corrected chi connectivity index (χ4v) is 3.18. The van der Waals surface area contributed by atoms with E-state index in [0.29, 0.717) is 25.9 Å². The molecule has 3 nitrogen and oxygen atoms in total. The lowest BCUT2D eigenvalue weighted by atomic mass is 9.86. The molecule has 0 spiro atoms. The largest absolute Gasteiger partial charge is 0.401 e. The van der Waals surface area contributed by atoms with Crippen molar-refractivity contribution in [1.82, 2.24) is 10.2 Å². The highest BCUT2D eigenvalue weighted by Gasteiger charge is 2.42. The Morgan fingerprint density at radius 2 is 2.10 bits per heavy atom. The van der Waals surface area contributed by atoms with Gasteiger partial charge < -0.3 is 5.32 Å². The van der Waals surface area contributed by atoms with Crippen LogP contribution in [0.25, 0.3) is 0 Å². The Kier molecular flexibility index (Phi) is 6.28. The monoisotopic (exact) mass is 291 g/mol. The molecule has 1 saturated carbocycles. The van der Waals surface area contributed by atoms with E-state index in [-0.39, 0.29) is 5.92 Å². The molecule has 20 heavy (non-hydrogen) atoms. The first kappa shape index (κ1) is 17.3. The maximum absolute atomic E-state index is 12.5. The van der Waals surface area contributed by atoms with E-state index < -0.39 is 18.3 Å². The molecule has 0 aromatic heterocycles. The van der Waals surface area contributed by atoms with Crippen molar-refractivity contribution in [3.63, 3.8) is 0 Å². The van der Waals surface area contributed by atoms with Crippen molar-refractivity contribution < 1.29 is 13.2 Å². The van der Waals surface area contributed by atoms with E-state index in [1.165, 1.54) is 4.90 Å². The first-order valence-electron chi connectivity index (χ1n) is 7.26. The van der Waals surface area contributed by atoms with Crippen molar-refractivity contribution in [3.05, 3.63) is 0 Å². The third-order valence-electron chi connectivity index (χ3n) is 4.20. The van der Waals surface area contributed by atoms with Crippen molar-refractivity contribution >= 4 is 0 Å². The van der Waals surface area contributed by atoms with E-state index in [1.807, 2.05) is 6.92 Å². The normalized spacial score (nSPS) is 26.9. The first-order chi connectivity index (χ1) is 9.37. The van der Waals surface area contributed by atoms with Gasteiger partial charge in [0, 0.05) is 0 Å². The van der Waals surface area contributed by atoms with E-state index in [2.05, 4.69) is 11.4 Å². The van der Waals surface area contributed by atoms with Crippen LogP contribution < -0.4 is 5.32 Å². The molecule has 0 saturated heterocycles. The number of alkyl halides is 3. The highest BCUT2D eigenvalue weighted by atomic mass is 19.4. The van der Waals surface area contributed by atoms with Crippen LogP contribution in [-0.2, 0) is 0 Å². The molecule has 0 bridgehead atoms. The molecule has 0 aliphatic heterocycles. The zero-order chi connectivity index (χ0) is 15.2. The Bertz CT molecular complexity index is 338. The summed E-state index contributed by atoms with van der Waals surface area (Å²) in [5.74, 6) is 0.144. The Morgan fingerprint density at radius 1 is 1.40 bits per heavy atom. The molecule has 0 aromatic rings. The zero-order valence-corrected chi connectivity index (χ0v) is 12.3. The molecule has 2 unspecified atom stereocenters. The highest BCUT2D eigenvalue weighted by molar-refractivity contribution is 5.13. The topological polar surface area (TPSA) is 39.1 Å². The summed E-state index contributed by atoms with van der Waals surface area (Å²) < 4.78 is 37.5. The molecule has 0 heterocycles. The van der Waals surface area contributed by atoms with E-state index in [4.69, 9.17) is 0 Å². The van der Waals surface area contributed by atoms with Gasteiger partial charge in [-0.25, -0.2) is 0 Å². The van der Waals surface area contributed by atoms with Gasteiger partial charge in [-0.2, -0.15) is 18.4 Å². The number of rotatable bonds is 7. The quantitative estimate of drug-likeness (QED) is 0.784. The second-order valence-electron chi connectivity index (χ2n) is 5.60. The molecule has 0 radical (unpaired) electrons. The number of hydrogen-bond donors (Lipinski definition) is 1. The lowest BCUT2D eigenvalue weighted by molar-refractivity contribution is -0.146. The summed E-state index contributed by atoms with van der Waals surface area (Å²) in [5, 5.41) is 12.4. The smallest absolute Gasteiger partial charge is 0.302 e. The average Bonchev–Trinajstić information content (AvgIpc) is 2.78. The fourth-order valence-electron chi connectivity index (χ4n) is 3.18. The molecule has 2 atom stereocenters. The number of halogens is 3. The Hall–Kier alpha value is -0.800. The summed E-state index contributed by atoms with van der Waals surface area (Å²) >= 11 is 0. The third-order valence-corrected chi connectivity index (χ3v) is 4.20. The van der Waals surface area contributed by atoms with Crippen LogP contribution in [0.2, 0.25) is 0 Å². The summed E-state index contributed by atoms with van der Waals surface area (Å²) in [6.45, 7) is 1.88. The van der Waals surface area contributed by atoms with E-state index in [1.54, 1.807) is 7.05 Å². The summed E-state index contributed by atoms with van der Waals surface area (Å²) in [5.41, 5.74) is -0.546. The van der Waals surface area contributed by atoms with Crippen molar-refractivity contribution in [2.24, 2.45) is 5.92 Å². The maximum Gasteiger partial charge on any atom is 0.401 e. The van der Waals surface area contributed by atoms with E-state index >= 15 is 0 Å². The predicted octanol–water partition coefficient (Wildman–Crippen LogP) is 2.93. The van der Waals surface area contributed by atoms with Crippen LogP contribution in [0.3, 0.4) is 0 Å². The fraction of sp³-hybridized carbons (Fsp3) is 0.929. The summed E-state index contributed by atoms with van der Waals surface area (Å²) in [7, 11) is 1.76. The lowest BCUT2D eigenvalue weighted by Crippen LogP contribution is -2.46. The van der Waals surface area contributed by atoms with Gasteiger partial charge in [0.25, 0.3) is 0 Å². The molecule has 0 aromatic carbocycles. The van der Waals surface area contributed by atoms with Crippen molar-refractivity contribution in [1.29, 1.82) is 5.26 Å². The minimum atomic E-state index is -4.15. The van der Waals surface area contributed by atoms with Crippen LogP contribution in [-0.4, -0.2) is 43.3 Å². The average molecular weight is 291 g/mol. The standard InChI is InChI=1S/C14H24F3N3/c1-3-8-20(11-14(15,16)17)9-6-12-5-4-7-13(12,10-18)19-2/h12,19H,3-9,11H2,1-2H3. The molecule has 6 heteroatoms. The van der Waals surface area contributed by atoms with Gasteiger partial charge in [0.2, 0.25) is 0 Å². The van der Waals surface area contributed by atoms with Gasteiger partial charge in [-0.1, -0.05) is 13.3 Å². The number of nitrogens with one attached hydrogen (secondary N) is 1. The zero-order valence-electron chi connectivity index (χ0n) is 12.3. The summed E-state index contributed by atoms with van der Waals surface area (Å²) in [4.78, 5) is 1.45. The number of nitrogens with zero attached hydrogens (tertiary/aromatic N) is 2. The van der Waals surface area contributed by atoms with Crippen molar-refractivity contribution in [2.45, 2.75) is 50.7 Å². The van der Waals surface area contributed by atoms with Crippen LogP contribution in [0.1, 0.15) is 39.0 Å². The molecular weight excluding hydrogens is 267 g/mol. The number of nitriles is 1. The highest BCUT2D eigenvalue weighted by Crippen LogP contribution is 2.37. The van der Waals surface area contributed by atoms with Crippen LogP contribution >= 0.6 is 0 Å². The SMILES string of the molecule is CCCN(CCC1CCCC1(C#N)NC)CC(F)(F)F. The summed E-state index contributed by atoms with van der Waals surface area (Å²) in [6, 6.07) is 2.33. The number of hydrogen-bond acceptors (Lipinski definition) is 3. The molecule has 1 fully saturated rings. The molecular formula is C14H24F3N3. The maximum atomic E-state index is 12.5. The van der Waals surface area contributed by atoms with Crippen LogP contribution in [0.4, 0.5) is 13.2 Å². The van der Waals surface area contributed by atoms with Gasteiger partial charge in [0.15, 0.2) is 0 Å². The van der Waals surface area contributed by atoms with Crippen LogP contribution in [0, 0.1) is 17.2 Å². The van der Waals surface area contributed by atoms with Gasteiger partial charge >= 0.3 is 6.18 Å². The molecule has 0 amide bonds. The lowest BCUT2D eigenvalue weighted by Gasteiger charge is -2.31. The van der Waals surface area contributed by atoms with E-state index in [0.717, 1.165) is 19.3 Å². The second-order valence-corrected chi connectivity index (χ2v) is 5.60. The van der Waals surface area contributed by atoms with Crippen LogP contribution in [0.5, 0.6) is 0 Å². The Balaban J connectivity index is 2.56. The molecule has 116 valence electrons. The van der Waals surface area contributed by atoms with Gasteiger partial charge in [0.05, 0.1) is 12.6 Å². The van der Waals surface area contributed by atoms with Crippen molar-refractivity contribution in [2.75, 3.05) is 26.7 Å². The van der Waals surface area contributed by atoms with Gasteiger partial charge in [-0.15, -0.1) is 0 Å². The van der Waals surface area contributed by atoms with Gasteiger partial charge in [-0.05, 0) is 51.7 Å². The first-order valence-corrected chi connectivity index (χ1v) is 7.26. The summed E-state index contributed by atoms with van der Waals surface area (Å²) in [6.07, 6.45) is -0.134. The second kappa shape index (κ2) is 7.28. The van der Waals surface area contributed by atoms with Crippen LogP contribution in [0.15, 0.2) is 0 Å². The van der Waals surface area contributed by atoms with Crippen molar-refractivity contribution in [3.8, 4) is 6.07 Å².